The first-order chi connectivity index (χ1) is 13.3. The van der Waals surface area contributed by atoms with Gasteiger partial charge in [-0.25, -0.2) is 0 Å². The van der Waals surface area contributed by atoms with Crippen LogP contribution in [0.5, 0.6) is 5.75 Å². The highest BCUT2D eigenvalue weighted by Gasteiger charge is 2.14. The summed E-state index contributed by atoms with van der Waals surface area (Å²) in [5.41, 5.74) is 1.50. The van der Waals surface area contributed by atoms with Crippen LogP contribution in [0.4, 0.5) is 11.4 Å². The van der Waals surface area contributed by atoms with Crippen LogP contribution in [0.2, 0.25) is 0 Å². The first-order valence-corrected chi connectivity index (χ1v) is 10.2. The maximum Gasteiger partial charge on any atom is 0.269 e. The van der Waals surface area contributed by atoms with Gasteiger partial charge in [0.05, 0.1) is 18.7 Å². The number of hydrogen-bond donors (Lipinski definition) is 1. The molecule has 0 aliphatic carbocycles. The summed E-state index contributed by atoms with van der Waals surface area (Å²) in [6.07, 6.45) is 1.50. The van der Waals surface area contributed by atoms with Gasteiger partial charge in [0.1, 0.15) is 17.4 Å². The summed E-state index contributed by atoms with van der Waals surface area (Å²) >= 11 is 4.29. The maximum atomic E-state index is 12.5. The molecule has 0 unspecified atom stereocenters. The highest BCUT2D eigenvalue weighted by molar-refractivity contribution is 14.1. The molecule has 0 bridgehead atoms. The highest BCUT2D eigenvalue weighted by Crippen LogP contribution is 2.30. The van der Waals surface area contributed by atoms with Crippen molar-refractivity contribution >= 4 is 68.5 Å². The SMILES string of the molecule is CCOc1c(I)cc(/C=C(/C#N)C(=O)Nc2ccc([N+](=O)[O-])cc2C)cc1I. The van der Waals surface area contributed by atoms with E-state index in [2.05, 4.69) is 50.5 Å². The van der Waals surface area contributed by atoms with E-state index in [0.29, 0.717) is 23.4 Å². The van der Waals surface area contributed by atoms with Crippen LogP contribution in [0.3, 0.4) is 0 Å². The molecule has 1 amide bonds. The van der Waals surface area contributed by atoms with Gasteiger partial charge in [0.2, 0.25) is 0 Å². The first-order valence-electron chi connectivity index (χ1n) is 8.06. The van der Waals surface area contributed by atoms with Crippen LogP contribution in [-0.4, -0.2) is 17.4 Å². The molecule has 0 radical (unpaired) electrons. The lowest BCUT2D eigenvalue weighted by Gasteiger charge is -2.10. The Morgan fingerprint density at radius 2 is 1.96 bits per heavy atom. The molecule has 28 heavy (non-hydrogen) atoms. The molecule has 1 N–H and O–H groups in total. The van der Waals surface area contributed by atoms with Crippen LogP contribution in [0.15, 0.2) is 35.9 Å². The molecule has 0 aliphatic rings. The summed E-state index contributed by atoms with van der Waals surface area (Å²) < 4.78 is 7.34. The highest BCUT2D eigenvalue weighted by atomic mass is 127. The van der Waals surface area contributed by atoms with Crippen LogP contribution in [-0.2, 0) is 4.79 Å². The minimum atomic E-state index is -0.585. The number of nitro groups is 1. The number of aryl methyl sites for hydroxylation is 1. The van der Waals surface area contributed by atoms with Gasteiger partial charge in [-0.2, -0.15) is 5.26 Å². The van der Waals surface area contributed by atoms with Gasteiger partial charge in [-0.3, -0.25) is 14.9 Å². The van der Waals surface area contributed by atoms with E-state index in [0.717, 1.165) is 12.9 Å². The van der Waals surface area contributed by atoms with E-state index in [1.54, 1.807) is 6.92 Å². The van der Waals surface area contributed by atoms with Crippen molar-refractivity contribution in [2.24, 2.45) is 0 Å². The molecule has 2 aromatic carbocycles. The van der Waals surface area contributed by atoms with Gasteiger partial charge in [0.25, 0.3) is 11.6 Å². The van der Waals surface area contributed by atoms with E-state index >= 15 is 0 Å². The fourth-order valence-electron chi connectivity index (χ4n) is 2.35. The van der Waals surface area contributed by atoms with E-state index in [1.807, 2.05) is 25.1 Å². The first kappa shape index (κ1) is 22.1. The van der Waals surface area contributed by atoms with Crippen LogP contribution in [0.1, 0.15) is 18.1 Å². The molecule has 7 nitrogen and oxygen atoms in total. The fraction of sp³-hybridized carbons (Fsp3) is 0.158. The van der Waals surface area contributed by atoms with Crippen molar-refractivity contribution in [3.8, 4) is 11.8 Å². The van der Waals surface area contributed by atoms with E-state index in [1.165, 1.54) is 24.3 Å². The topological polar surface area (TPSA) is 105 Å². The van der Waals surface area contributed by atoms with Crippen LogP contribution in [0, 0.1) is 35.5 Å². The van der Waals surface area contributed by atoms with E-state index in [4.69, 9.17) is 4.74 Å². The number of rotatable bonds is 6. The second-order valence-corrected chi connectivity index (χ2v) is 7.95. The van der Waals surface area contributed by atoms with Crippen molar-refractivity contribution in [1.82, 2.24) is 0 Å². The lowest BCUT2D eigenvalue weighted by Crippen LogP contribution is -2.14. The molecular formula is C19H15I2N3O4. The molecular weight excluding hydrogens is 588 g/mol. The summed E-state index contributed by atoms with van der Waals surface area (Å²) in [5.74, 6) is 0.184. The van der Waals surface area contributed by atoms with E-state index in [9.17, 15) is 20.2 Å². The Hall–Kier alpha value is -2.20. The molecule has 9 heteroatoms. The number of amides is 1. The second kappa shape index (κ2) is 9.83. The standard InChI is InChI=1S/C19H15I2N3O4/c1-3-28-18-15(20)8-12(9-16(18)21)7-13(10-22)19(25)23-17-5-4-14(24(26)27)6-11(17)2/h4-9H,3H2,1-2H3,(H,23,25)/b13-7-. The molecule has 2 rings (SSSR count). The van der Waals surface area contributed by atoms with Gasteiger partial charge < -0.3 is 10.1 Å². The zero-order valence-electron chi connectivity index (χ0n) is 15.0. The Morgan fingerprint density at radius 1 is 1.32 bits per heavy atom. The number of nitriles is 1. The van der Waals surface area contributed by atoms with Crippen molar-refractivity contribution in [2.75, 3.05) is 11.9 Å². The molecule has 0 fully saturated rings. The molecule has 2 aromatic rings. The van der Waals surface area contributed by atoms with E-state index in [-0.39, 0.29) is 11.3 Å². The summed E-state index contributed by atoms with van der Waals surface area (Å²) in [6.45, 7) is 4.09. The predicted octanol–water partition coefficient (Wildman–Crippen LogP) is 5.06. The Balaban J connectivity index is 2.29. The smallest absolute Gasteiger partial charge is 0.269 e. The molecule has 0 spiro atoms. The third-order valence-corrected chi connectivity index (χ3v) is 5.26. The largest absolute Gasteiger partial charge is 0.492 e. The number of hydrogen-bond acceptors (Lipinski definition) is 5. The van der Waals surface area contributed by atoms with Gasteiger partial charge in [-0.1, -0.05) is 0 Å². The number of carbonyl (C=O) groups excluding carboxylic acids is 1. The molecule has 0 saturated carbocycles. The predicted molar refractivity (Wildman–Crippen MR) is 123 cm³/mol. The number of carbonyl (C=O) groups is 1. The average molecular weight is 603 g/mol. The zero-order chi connectivity index (χ0) is 20.8. The van der Waals surface area contributed by atoms with Gasteiger partial charge in [-0.05, 0) is 94.4 Å². The number of ether oxygens (including phenoxy) is 1. The number of halogens is 2. The van der Waals surface area contributed by atoms with Crippen molar-refractivity contribution in [3.63, 3.8) is 0 Å². The third kappa shape index (κ3) is 5.41. The average Bonchev–Trinajstić information content (AvgIpc) is 2.64. The Morgan fingerprint density at radius 3 is 2.46 bits per heavy atom. The van der Waals surface area contributed by atoms with Crippen LogP contribution >= 0.6 is 45.2 Å². The number of nitrogens with zero attached hydrogens (tertiary/aromatic N) is 2. The second-order valence-electron chi connectivity index (χ2n) is 5.63. The quantitative estimate of drug-likeness (QED) is 0.164. The fourth-order valence-corrected chi connectivity index (χ4v) is 4.48. The summed E-state index contributed by atoms with van der Waals surface area (Å²) in [7, 11) is 0. The maximum absolute atomic E-state index is 12.5. The summed E-state index contributed by atoms with van der Waals surface area (Å²) in [6, 6.07) is 9.67. The summed E-state index contributed by atoms with van der Waals surface area (Å²) in [4.78, 5) is 22.8. The van der Waals surface area contributed by atoms with Crippen molar-refractivity contribution in [3.05, 3.63) is 64.3 Å². The van der Waals surface area contributed by atoms with Crippen LogP contribution < -0.4 is 10.1 Å². The van der Waals surface area contributed by atoms with Gasteiger partial charge >= 0.3 is 0 Å². The zero-order valence-corrected chi connectivity index (χ0v) is 19.3. The number of anilines is 1. The molecule has 144 valence electrons. The molecule has 0 aromatic heterocycles. The van der Waals surface area contributed by atoms with Crippen LogP contribution in [0.25, 0.3) is 6.08 Å². The number of nitrogens with one attached hydrogen (secondary N) is 1. The molecule has 0 aliphatic heterocycles. The molecule has 0 saturated heterocycles. The number of non-ortho nitro benzene ring substituents is 1. The van der Waals surface area contributed by atoms with E-state index < -0.39 is 10.8 Å². The van der Waals surface area contributed by atoms with Gasteiger partial charge in [-0.15, -0.1) is 0 Å². The Labute approximate surface area is 189 Å². The Kier molecular flexibility index (Phi) is 7.76. The number of nitro benzene ring substituents is 1. The van der Waals surface area contributed by atoms with Crippen molar-refractivity contribution in [2.45, 2.75) is 13.8 Å². The molecule has 0 heterocycles. The third-order valence-electron chi connectivity index (χ3n) is 3.65. The minimum Gasteiger partial charge on any atom is -0.492 e. The van der Waals surface area contributed by atoms with Gasteiger partial charge in [0, 0.05) is 17.8 Å². The monoisotopic (exact) mass is 603 g/mol. The van der Waals surface area contributed by atoms with Gasteiger partial charge in [0.15, 0.2) is 0 Å². The van der Waals surface area contributed by atoms with Crippen molar-refractivity contribution in [1.29, 1.82) is 5.26 Å². The summed E-state index contributed by atoms with van der Waals surface area (Å²) in [5, 5.41) is 22.9. The lowest BCUT2D eigenvalue weighted by atomic mass is 10.1. The van der Waals surface area contributed by atoms with Crippen molar-refractivity contribution < 1.29 is 14.5 Å². The number of benzene rings is 2. The normalized spacial score (nSPS) is 10.9. The lowest BCUT2D eigenvalue weighted by molar-refractivity contribution is -0.384. The molecule has 0 atom stereocenters. The Bertz CT molecular complexity index is 990. The minimum absolute atomic E-state index is 0.0647.